The molecule has 0 saturated carbocycles. The molecule has 1 aromatic carbocycles. The third-order valence-electron chi connectivity index (χ3n) is 3.80. The second-order valence-electron chi connectivity index (χ2n) is 6.78. The standard InChI is InChI=1S/C17H25NO3/c1-17(2,3)21-16(20)18-10-14(15(11-18)12-19)9-13-7-5-4-6-8-13/h4-8,14-15,19H,9-12H2,1-3H3/t14-,15+/m1/s1. The Bertz CT molecular complexity index is 467. The molecule has 1 amide bonds. The van der Waals surface area contributed by atoms with E-state index in [-0.39, 0.29) is 24.5 Å². The molecule has 0 aromatic heterocycles. The SMILES string of the molecule is CC(C)(C)OC(=O)N1C[C@@H](CO)[C@H](Cc2ccccc2)C1. The van der Waals surface area contributed by atoms with Crippen molar-refractivity contribution in [3.63, 3.8) is 0 Å². The lowest BCUT2D eigenvalue weighted by molar-refractivity contribution is 0.0281. The fraction of sp³-hybridized carbons (Fsp3) is 0.588. The first-order chi connectivity index (χ1) is 9.89. The van der Waals surface area contributed by atoms with E-state index >= 15 is 0 Å². The second kappa shape index (κ2) is 6.48. The average molecular weight is 291 g/mol. The molecular formula is C17H25NO3. The van der Waals surface area contributed by atoms with E-state index in [0.717, 1.165) is 6.42 Å². The van der Waals surface area contributed by atoms with Crippen LogP contribution in [0.3, 0.4) is 0 Å². The summed E-state index contributed by atoms with van der Waals surface area (Å²) in [5.41, 5.74) is 0.760. The topological polar surface area (TPSA) is 49.8 Å². The van der Waals surface area contributed by atoms with Crippen LogP contribution in [0.2, 0.25) is 0 Å². The maximum Gasteiger partial charge on any atom is 0.410 e. The molecular weight excluding hydrogens is 266 g/mol. The molecule has 0 unspecified atom stereocenters. The Morgan fingerprint density at radius 2 is 1.86 bits per heavy atom. The van der Waals surface area contributed by atoms with Crippen molar-refractivity contribution in [1.82, 2.24) is 4.90 Å². The summed E-state index contributed by atoms with van der Waals surface area (Å²) in [6, 6.07) is 10.2. The van der Waals surface area contributed by atoms with Gasteiger partial charge in [0.15, 0.2) is 0 Å². The maximum atomic E-state index is 12.1. The number of amides is 1. The number of carbonyl (C=O) groups excluding carboxylic acids is 1. The molecule has 4 heteroatoms. The quantitative estimate of drug-likeness (QED) is 0.931. The molecule has 1 aliphatic rings. The Balaban J connectivity index is 1.99. The minimum Gasteiger partial charge on any atom is -0.444 e. The molecule has 0 spiro atoms. The van der Waals surface area contributed by atoms with E-state index in [4.69, 9.17) is 4.74 Å². The number of ether oxygens (including phenoxy) is 1. The largest absolute Gasteiger partial charge is 0.444 e. The van der Waals surface area contributed by atoms with Crippen LogP contribution in [0.15, 0.2) is 30.3 Å². The summed E-state index contributed by atoms with van der Waals surface area (Å²) in [6.07, 6.45) is 0.599. The highest BCUT2D eigenvalue weighted by molar-refractivity contribution is 5.68. The molecule has 21 heavy (non-hydrogen) atoms. The molecule has 1 fully saturated rings. The lowest BCUT2D eigenvalue weighted by atomic mass is 9.90. The molecule has 1 aromatic rings. The predicted molar refractivity (Wildman–Crippen MR) is 82.0 cm³/mol. The zero-order valence-electron chi connectivity index (χ0n) is 13.1. The molecule has 2 rings (SSSR count). The number of nitrogens with zero attached hydrogens (tertiary/aromatic N) is 1. The first-order valence-electron chi connectivity index (χ1n) is 7.52. The summed E-state index contributed by atoms with van der Waals surface area (Å²) < 4.78 is 5.42. The van der Waals surface area contributed by atoms with Gasteiger partial charge in [-0.3, -0.25) is 0 Å². The third-order valence-corrected chi connectivity index (χ3v) is 3.80. The number of benzene rings is 1. The summed E-state index contributed by atoms with van der Waals surface area (Å²) >= 11 is 0. The first kappa shape index (κ1) is 15.8. The minimum absolute atomic E-state index is 0.108. The van der Waals surface area contributed by atoms with E-state index in [1.807, 2.05) is 39.0 Å². The van der Waals surface area contributed by atoms with Gasteiger partial charge in [0, 0.05) is 25.6 Å². The Kier molecular flexibility index (Phi) is 4.88. The predicted octanol–water partition coefficient (Wildman–Crippen LogP) is 2.70. The molecule has 1 aliphatic heterocycles. The monoisotopic (exact) mass is 291 g/mol. The van der Waals surface area contributed by atoms with Crippen LogP contribution in [0.4, 0.5) is 4.79 Å². The molecule has 2 atom stereocenters. The third kappa shape index (κ3) is 4.46. The van der Waals surface area contributed by atoms with Gasteiger partial charge in [0.25, 0.3) is 0 Å². The summed E-state index contributed by atoms with van der Waals surface area (Å²) in [7, 11) is 0. The van der Waals surface area contributed by atoms with Crippen molar-refractivity contribution >= 4 is 6.09 Å². The van der Waals surface area contributed by atoms with E-state index in [0.29, 0.717) is 13.1 Å². The molecule has 116 valence electrons. The van der Waals surface area contributed by atoms with Crippen molar-refractivity contribution in [2.45, 2.75) is 32.8 Å². The number of carbonyl (C=O) groups is 1. The first-order valence-corrected chi connectivity index (χ1v) is 7.52. The van der Waals surface area contributed by atoms with Crippen LogP contribution in [0.1, 0.15) is 26.3 Å². The average Bonchev–Trinajstić information content (AvgIpc) is 2.81. The Morgan fingerprint density at radius 1 is 1.24 bits per heavy atom. The van der Waals surface area contributed by atoms with E-state index in [1.54, 1.807) is 4.90 Å². The van der Waals surface area contributed by atoms with E-state index < -0.39 is 5.60 Å². The molecule has 1 heterocycles. The molecule has 0 aliphatic carbocycles. The van der Waals surface area contributed by atoms with Gasteiger partial charge in [-0.1, -0.05) is 30.3 Å². The Hall–Kier alpha value is -1.55. The van der Waals surface area contributed by atoms with Crippen LogP contribution in [0.25, 0.3) is 0 Å². The highest BCUT2D eigenvalue weighted by atomic mass is 16.6. The van der Waals surface area contributed by atoms with Gasteiger partial charge in [0.1, 0.15) is 5.60 Å². The van der Waals surface area contributed by atoms with Crippen LogP contribution in [0, 0.1) is 11.8 Å². The van der Waals surface area contributed by atoms with Crippen molar-refractivity contribution in [1.29, 1.82) is 0 Å². The zero-order chi connectivity index (χ0) is 15.5. The lowest BCUT2D eigenvalue weighted by Crippen LogP contribution is -2.35. The molecule has 0 radical (unpaired) electrons. The minimum atomic E-state index is -0.483. The van der Waals surface area contributed by atoms with Crippen LogP contribution in [-0.4, -0.2) is 41.4 Å². The zero-order valence-corrected chi connectivity index (χ0v) is 13.1. The van der Waals surface area contributed by atoms with Crippen LogP contribution in [0.5, 0.6) is 0 Å². The van der Waals surface area contributed by atoms with Crippen molar-refractivity contribution in [3.8, 4) is 0 Å². The van der Waals surface area contributed by atoms with E-state index in [2.05, 4.69) is 12.1 Å². The summed E-state index contributed by atoms with van der Waals surface area (Å²) in [6.45, 7) is 6.93. The molecule has 4 nitrogen and oxygen atoms in total. The van der Waals surface area contributed by atoms with Gasteiger partial charge >= 0.3 is 6.09 Å². The fourth-order valence-corrected chi connectivity index (χ4v) is 2.77. The number of likely N-dealkylation sites (tertiary alicyclic amines) is 1. The molecule has 1 saturated heterocycles. The maximum absolute atomic E-state index is 12.1. The summed E-state index contributed by atoms with van der Waals surface area (Å²) in [5, 5.41) is 9.57. The fourth-order valence-electron chi connectivity index (χ4n) is 2.77. The van der Waals surface area contributed by atoms with Crippen molar-refractivity contribution in [2.24, 2.45) is 11.8 Å². The van der Waals surface area contributed by atoms with Gasteiger partial charge in [0.2, 0.25) is 0 Å². The number of rotatable bonds is 3. The summed E-state index contributed by atoms with van der Waals surface area (Å²) in [4.78, 5) is 13.9. The van der Waals surface area contributed by atoms with Crippen LogP contribution < -0.4 is 0 Å². The number of aliphatic hydroxyl groups excluding tert-OH is 1. The van der Waals surface area contributed by atoms with Gasteiger partial charge in [-0.25, -0.2) is 4.79 Å². The smallest absolute Gasteiger partial charge is 0.410 e. The highest BCUT2D eigenvalue weighted by Gasteiger charge is 2.36. The van der Waals surface area contributed by atoms with Crippen LogP contribution in [-0.2, 0) is 11.2 Å². The van der Waals surface area contributed by atoms with Crippen molar-refractivity contribution in [2.75, 3.05) is 19.7 Å². The normalized spacial score (nSPS) is 22.4. The van der Waals surface area contributed by atoms with Gasteiger partial charge < -0.3 is 14.7 Å². The van der Waals surface area contributed by atoms with E-state index in [9.17, 15) is 9.90 Å². The van der Waals surface area contributed by atoms with Crippen LogP contribution >= 0.6 is 0 Å². The van der Waals surface area contributed by atoms with E-state index in [1.165, 1.54) is 5.56 Å². The van der Waals surface area contributed by atoms with Crippen molar-refractivity contribution < 1.29 is 14.6 Å². The highest BCUT2D eigenvalue weighted by Crippen LogP contribution is 2.27. The Labute approximate surface area is 126 Å². The van der Waals surface area contributed by atoms with Gasteiger partial charge in [-0.05, 0) is 38.7 Å². The lowest BCUT2D eigenvalue weighted by Gasteiger charge is -2.24. The van der Waals surface area contributed by atoms with Gasteiger partial charge in [-0.15, -0.1) is 0 Å². The number of aliphatic hydroxyl groups is 1. The summed E-state index contributed by atoms with van der Waals surface area (Å²) in [5.74, 6) is 0.405. The number of hydrogen-bond donors (Lipinski definition) is 1. The molecule has 0 bridgehead atoms. The number of hydrogen-bond acceptors (Lipinski definition) is 3. The van der Waals surface area contributed by atoms with Crippen molar-refractivity contribution in [3.05, 3.63) is 35.9 Å². The van der Waals surface area contributed by atoms with Gasteiger partial charge in [0.05, 0.1) is 0 Å². The van der Waals surface area contributed by atoms with Gasteiger partial charge in [-0.2, -0.15) is 0 Å². The molecule has 1 N–H and O–H groups in total. The second-order valence-corrected chi connectivity index (χ2v) is 6.78. The Morgan fingerprint density at radius 3 is 2.43 bits per heavy atom.